The lowest BCUT2D eigenvalue weighted by Crippen LogP contribution is -2.42. The maximum Gasteiger partial charge on any atom is 0.336 e. The van der Waals surface area contributed by atoms with E-state index >= 15 is 0 Å². The summed E-state index contributed by atoms with van der Waals surface area (Å²) in [5.74, 6) is -0.537. The van der Waals surface area contributed by atoms with Crippen LogP contribution in [0.4, 0.5) is 0 Å². The maximum atomic E-state index is 13.2. The van der Waals surface area contributed by atoms with E-state index < -0.39 is 11.2 Å². The van der Waals surface area contributed by atoms with Crippen LogP contribution in [-0.4, -0.2) is 27.4 Å². The molecule has 0 aliphatic carbocycles. The molecule has 0 atom stereocenters. The highest BCUT2D eigenvalue weighted by Crippen LogP contribution is 2.17. The minimum Gasteiger partial charge on any atom is -0.355 e. The van der Waals surface area contributed by atoms with Crippen LogP contribution in [0.15, 0.2) is 52.1 Å². The van der Waals surface area contributed by atoms with Gasteiger partial charge in [0.25, 0.3) is 5.56 Å². The van der Waals surface area contributed by atoms with Crippen molar-refractivity contribution >= 4 is 34.2 Å². The molecule has 3 aromatic rings. The number of Topliss-reactive ketones (excluding diaryl/α,β-unsaturated/α-hetero) is 1. The second-order valence-electron chi connectivity index (χ2n) is 6.63. The average Bonchev–Trinajstić information content (AvgIpc) is 2.69. The first kappa shape index (κ1) is 20.5. The molecule has 0 radical (unpaired) electrons. The second kappa shape index (κ2) is 8.45. The van der Waals surface area contributed by atoms with Crippen molar-refractivity contribution in [1.29, 1.82) is 0 Å². The lowest BCUT2D eigenvalue weighted by atomic mass is 10.1. The van der Waals surface area contributed by atoms with E-state index in [4.69, 9.17) is 11.6 Å². The molecule has 29 heavy (non-hydrogen) atoms. The first-order chi connectivity index (χ1) is 13.8. The normalized spacial score (nSPS) is 10.9. The molecule has 0 spiro atoms. The Balaban J connectivity index is 2.29. The van der Waals surface area contributed by atoms with Gasteiger partial charge >= 0.3 is 5.69 Å². The summed E-state index contributed by atoms with van der Waals surface area (Å²) in [6.07, 6.45) is 0.755. The molecule has 0 bridgehead atoms. The van der Waals surface area contributed by atoms with Crippen LogP contribution in [0.2, 0.25) is 5.02 Å². The smallest absolute Gasteiger partial charge is 0.336 e. The summed E-state index contributed by atoms with van der Waals surface area (Å²) < 4.78 is 2.18. The lowest BCUT2D eigenvalue weighted by Gasteiger charge is -2.15. The van der Waals surface area contributed by atoms with Crippen molar-refractivity contribution in [3.63, 3.8) is 0 Å². The fourth-order valence-electron chi connectivity index (χ4n) is 3.05. The van der Waals surface area contributed by atoms with E-state index in [-0.39, 0.29) is 34.8 Å². The van der Waals surface area contributed by atoms with Gasteiger partial charge in [-0.3, -0.25) is 19.0 Å². The molecule has 3 rings (SSSR count). The molecule has 7 nitrogen and oxygen atoms in total. The number of halogens is 1. The van der Waals surface area contributed by atoms with Crippen molar-refractivity contribution in [1.82, 2.24) is 14.5 Å². The van der Waals surface area contributed by atoms with Crippen LogP contribution in [0, 0.1) is 0 Å². The molecule has 1 amide bonds. The zero-order valence-electron chi connectivity index (χ0n) is 16.1. The van der Waals surface area contributed by atoms with Crippen molar-refractivity contribution in [3.05, 3.63) is 73.9 Å². The van der Waals surface area contributed by atoms with Gasteiger partial charge in [0.2, 0.25) is 5.91 Å². The van der Waals surface area contributed by atoms with Crippen LogP contribution in [0.5, 0.6) is 0 Å². The minimum absolute atomic E-state index is 0.188. The highest BCUT2D eigenvalue weighted by Gasteiger charge is 2.17. The number of aromatic nitrogens is 2. The van der Waals surface area contributed by atoms with Gasteiger partial charge in [-0.25, -0.2) is 9.36 Å². The van der Waals surface area contributed by atoms with Crippen molar-refractivity contribution in [2.24, 2.45) is 0 Å². The maximum absolute atomic E-state index is 13.2. The molecule has 0 unspecified atom stereocenters. The number of rotatable bonds is 6. The van der Waals surface area contributed by atoms with E-state index in [1.165, 1.54) is 29.7 Å². The van der Waals surface area contributed by atoms with Gasteiger partial charge in [0.15, 0.2) is 5.78 Å². The first-order valence-corrected chi connectivity index (χ1v) is 9.54. The van der Waals surface area contributed by atoms with Gasteiger partial charge in [-0.1, -0.05) is 30.7 Å². The van der Waals surface area contributed by atoms with Crippen LogP contribution in [0.3, 0.4) is 0 Å². The number of carbonyl (C=O) groups is 2. The molecule has 2 aromatic carbocycles. The first-order valence-electron chi connectivity index (χ1n) is 9.16. The van der Waals surface area contributed by atoms with E-state index in [1.807, 2.05) is 6.92 Å². The summed E-state index contributed by atoms with van der Waals surface area (Å²) in [4.78, 5) is 50.3. The van der Waals surface area contributed by atoms with Crippen molar-refractivity contribution in [2.45, 2.75) is 26.8 Å². The summed E-state index contributed by atoms with van der Waals surface area (Å²) >= 11 is 6.07. The molecular weight excluding hydrogens is 394 g/mol. The molecule has 1 aromatic heterocycles. The molecular formula is C21H20ClN3O4. The fraction of sp³-hybridized carbons (Fsp3) is 0.238. The summed E-state index contributed by atoms with van der Waals surface area (Å²) in [5, 5.41) is 3.31. The van der Waals surface area contributed by atoms with E-state index in [9.17, 15) is 19.2 Å². The molecule has 150 valence electrons. The van der Waals surface area contributed by atoms with Crippen LogP contribution in [-0.2, 0) is 11.3 Å². The van der Waals surface area contributed by atoms with Crippen molar-refractivity contribution in [3.8, 4) is 5.69 Å². The Morgan fingerprint density at radius 3 is 2.55 bits per heavy atom. The monoisotopic (exact) mass is 413 g/mol. The Kier molecular flexibility index (Phi) is 5.98. The predicted octanol–water partition coefficient (Wildman–Crippen LogP) is 2.53. The second-order valence-corrected chi connectivity index (χ2v) is 7.06. The largest absolute Gasteiger partial charge is 0.355 e. The Bertz CT molecular complexity index is 1230. The molecule has 0 aliphatic heterocycles. The number of amides is 1. The van der Waals surface area contributed by atoms with Crippen molar-refractivity contribution < 1.29 is 9.59 Å². The number of nitrogens with zero attached hydrogens (tertiary/aromatic N) is 2. The number of hydrogen-bond donors (Lipinski definition) is 1. The van der Waals surface area contributed by atoms with E-state index in [0.29, 0.717) is 17.1 Å². The summed E-state index contributed by atoms with van der Waals surface area (Å²) in [6, 6.07) is 10.8. The van der Waals surface area contributed by atoms with Gasteiger partial charge in [-0.15, -0.1) is 0 Å². The van der Waals surface area contributed by atoms with Gasteiger partial charge in [-0.05, 0) is 43.7 Å². The predicted molar refractivity (Wildman–Crippen MR) is 112 cm³/mol. The summed E-state index contributed by atoms with van der Waals surface area (Å²) in [6.45, 7) is 3.54. The summed E-state index contributed by atoms with van der Waals surface area (Å²) in [7, 11) is 0. The van der Waals surface area contributed by atoms with E-state index in [1.54, 1.807) is 24.3 Å². The fourth-order valence-corrected chi connectivity index (χ4v) is 3.21. The standard InChI is InChI=1S/C21H20ClN3O4/c1-3-9-23-19(27)12-24-18-11-15(22)7-8-17(18)20(28)25(21(24)29)16-6-4-5-14(10-16)13(2)26/h4-8,10-11H,3,9,12H2,1-2H3,(H,23,27). The summed E-state index contributed by atoms with van der Waals surface area (Å²) in [5.41, 5.74) is -0.327. The lowest BCUT2D eigenvalue weighted by molar-refractivity contribution is -0.121. The SMILES string of the molecule is CCCNC(=O)Cn1c(=O)n(-c2cccc(C(C)=O)c2)c(=O)c2ccc(Cl)cc21. The van der Waals surface area contributed by atoms with Crippen LogP contribution < -0.4 is 16.6 Å². The van der Waals surface area contributed by atoms with Gasteiger partial charge in [-0.2, -0.15) is 0 Å². The van der Waals surface area contributed by atoms with Crippen molar-refractivity contribution in [2.75, 3.05) is 6.54 Å². The Morgan fingerprint density at radius 1 is 1.10 bits per heavy atom. The third-order valence-electron chi connectivity index (χ3n) is 4.49. The molecule has 0 fully saturated rings. The number of ketones is 1. The van der Waals surface area contributed by atoms with Gasteiger partial charge < -0.3 is 5.32 Å². The van der Waals surface area contributed by atoms with Gasteiger partial charge in [0.05, 0.1) is 16.6 Å². The topological polar surface area (TPSA) is 90.2 Å². The number of benzene rings is 2. The third-order valence-corrected chi connectivity index (χ3v) is 4.73. The zero-order valence-corrected chi connectivity index (χ0v) is 16.8. The highest BCUT2D eigenvalue weighted by molar-refractivity contribution is 6.31. The van der Waals surface area contributed by atoms with Gasteiger partial charge in [0, 0.05) is 17.1 Å². The number of fused-ring (bicyclic) bond motifs is 1. The van der Waals surface area contributed by atoms with Gasteiger partial charge in [0.1, 0.15) is 6.54 Å². The molecule has 0 aliphatic rings. The Morgan fingerprint density at radius 2 is 1.86 bits per heavy atom. The third kappa shape index (κ3) is 4.14. The van der Waals surface area contributed by atoms with Crippen LogP contribution in [0.1, 0.15) is 30.6 Å². The van der Waals surface area contributed by atoms with Crippen LogP contribution >= 0.6 is 11.6 Å². The molecule has 0 saturated carbocycles. The Hall–Kier alpha value is -3.19. The molecule has 0 saturated heterocycles. The molecule has 8 heteroatoms. The highest BCUT2D eigenvalue weighted by atomic mass is 35.5. The number of hydrogen-bond acceptors (Lipinski definition) is 4. The quantitative estimate of drug-likeness (QED) is 0.629. The average molecular weight is 414 g/mol. The number of carbonyl (C=O) groups excluding carboxylic acids is 2. The zero-order chi connectivity index (χ0) is 21.1. The van der Waals surface area contributed by atoms with Crippen LogP contribution in [0.25, 0.3) is 16.6 Å². The minimum atomic E-state index is -0.683. The Labute approximate surface area is 171 Å². The van der Waals surface area contributed by atoms with E-state index in [0.717, 1.165) is 11.0 Å². The molecule has 1 heterocycles. The number of nitrogens with one attached hydrogen (secondary N) is 1. The van der Waals surface area contributed by atoms with E-state index in [2.05, 4.69) is 5.32 Å². The molecule has 1 N–H and O–H groups in total.